The van der Waals surface area contributed by atoms with Gasteiger partial charge >= 0.3 is 6.09 Å². The van der Waals surface area contributed by atoms with Gasteiger partial charge in [0.2, 0.25) is 5.75 Å². The summed E-state index contributed by atoms with van der Waals surface area (Å²) in [6.45, 7) is 4.37. The topological polar surface area (TPSA) is 98.9 Å². The average Bonchev–Trinajstić information content (AvgIpc) is 2.87. The van der Waals surface area contributed by atoms with Crippen LogP contribution in [-0.2, 0) is 6.42 Å². The van der Waals surface area contributed by atoms with E-state index in [4.69, 9.17) is 9.47 Å². The van der Waals surface area contributed by atoms with Crippen LogP contribution < -0.4 is 30.6 Å². The molecule has 1 aromatic heterocycles. The van der Waals surface area contributed by atoms with E-state index in [1.54, 1.807) is 19.2 Å². The van der Waals surface area contributed by atoms with Gasteiger partial charge in [0.1, 0.15) is 5.75 Å². The number of nitrogens with zero attached hydrogens (tertiary/aromatic N) is 2. The third-order valence-electron chi connectivity index (χ3n) is 5.93. The molecule has 3 aromatic rings. The number of hydrogen-bond acceptors (Lipinski definition) is 7. The van der Waals surface area contributed by atoms with E-state index in [2.05, 4.69) is 32.5 Å². The SMILES string of the molecule is COc1cccc(CCNc2cc[nH]c(=O)c2OC(=O)Nc2cccc(N3CCN(C)CC3)c2)c1. The van der Waals surface area contributed by atoms with Gasteiger partial charge in [0.05, 0.1) is 12.8 Å². The van der Waals surface area contributed by atoms with E-state index < -0.39 is 11.7 Å². The molecule has 2 aromatic carbocycles. The quantitative estimate of drug-likeness (QED) is 0.457. The fraction of sp³-hybridized carbons (Fsp3) is 0.308. The Morgan fingerprint density at radius 2 is 1.86 bits per heavy atom. The van der Waals surface area contributed by atoms with Crippen LogP contribution in [0.5, 0.6) is 11.5 Å². The minimum Gasteiger partial charge on any atom is -0.497 e. The molecule has 0 atom stereocenters. The molecule has 0 aliphatic carbocycles. The molecule has 4 rings (SSSR count). The number of hydrogen-bond donors (Lipinski definition) is 3. The Balaban J connectivity index is 1.38. The zero-order chi connectivity index (χ0) is 24.6. The normalized spacial score (nSPS) is 13.8. The second-order valence-corrected chi connectivity index (χ2v) is 8.43. The van der Waals surface area contributed by atoms with Crippen LogP contribution in [0.25, 0.3) is 0 Å². The minimum atomic E-state index is -0.729. The summed E-state index contributed by atoms with van der Waals surface area (Å²) in [7, 11) is 3.74. The van der Waals surface area contributed by atoms with Crippen LogP contribution >= 0.6 is 0 Å². The number of nitrogens with one attached hydrogen (secondary N) is 3. The number of rotatable bonds is 8. The molecule has 184 valence electrons. The van der Waals surface area contributed by atoms with E-state index >= 15 is 0 Å². The van der Waals surface area contributed by atoms with E-state index in [0.717, 1.165) is 43.2 Å². The van der Waals surface area contributed by atoms with E-state index in [1.807, 2.05) is 42.5 Å². The molecule has 1 fully saturated rings. The maximum atomic E-state index is 12.6. The molecule has 2 heterocycles. The highest BCUT2D eigenvalue weighted by Gasteiger charge is 2.16. The summed E-state index contributed by atoms with van der Waals surface area (Å²) in [4.78, 5) is 32.2. The number of benzene rings is 2. The second-order valence-electron chi connectivity index (χ2n) is 8.43. The molecule has 3 N–H and O–H groups in total. The average molecular weight is 478 g/mol. The zero-order valence-corrected chi connectivity index (χ0v) is 20.0. The number of ether oxygens (including phenoxy) is 2. The van der Waals surface area contributed by atoms with Crippen LogP contribution in [0.4, 0.5) is 21.9 Å². The number of carbonyl (C=O) groups excluding carboxylic acids is 1. The molecule has 1 amide bonds. The smallest absolute Gasteiger partial charge is 0.417 e. The summed E-state index contributed by atoms with van der Waals surface area (Å²) in [5.41, 5.74) is 2.68. The standard InChI is InChI=1S/C26H31N5O4/c1-30-13-15-31(16-14-30)21-7-4-6-20(18-21)29-26(33)35-24-23(10-12-28-25(24)32)27-11-9-19-5-3-8-22(17-19)34-2/h3-8,10,12,17-18H,9,11,13-16H2,1-2H3,(H,29,33)(H2,27,28,32). The maximum Gasteiger partial charge on any atom is 0.417 e. The zero-order valence-electron chi connectivity index (χ0n) is 20.0. The third kappa shape index (κ3) is 6.54. The van der Waals surface area contributed by atoms with E-state index in [9.17, 15) is 9.59 Å². The van der Waals surface area contributed by atoms with Crippen molar-refractivity contribution in [3.63, 3.8) is 0 Å². The molecular formula is C26H31N5O4. The van der Waals surface area contributed by atoms with Gasteiger partial charge in [0.25, 0.3) is 5.56 Å². The van der Waals surface area contributed by atoms with Crippen molar-refractivity contribution in [2.24, 2.45) is 0 Å². The van der Waals surface area contributed by atoms with Crippen molar-refractivity contribution in [1.29, 1.82) is 0 Å². The number of anilines is 3. The van der Waals surface area contributed by atoms with Gasteiger partial charge in [0.15, 0.2) is 0 Å². The molecule has 9 nitrogen and oxygen atoms in total. The Kier molecular flexibility index (Phi) is 7.89. The highest BCUT2D eigenvalue weighted by molar-refractivity contribution is 5.87. The maximum absolute atomic E-state index is 12.6. The van der Waals surface area contributed by atoms with Gasteiger partial charge in [-0.3, -0.25) is 10.1 Å². The van der Waals surface area contributed by atoms with Crippen LogP contribution in [-0.4, -0.2) is 62.9 Å². The van der Waals surface area contributed by atoms with Crippen molar-refractivity contribution >= 4 is 23.2 Å². The van der Waals surface area contributed by atoms with Gasteiger partial charge < -0.3 is 29.6 Å². The summed E-state index contributed by atoms with van der Waals surface area (Å²) in [5, 5.41) is 5.92. The summed E-state index contributed by atoms with van der Waals surface area (Å²) in [6, 6.07) is 17.1. The van der Waals surface area contributed by atoms with Crippen LogP contribution in [0.1, 0.15) is 5.56 Å². The number of aromatic amines is 1. The molecule has 0 radical (unpaired) electrons. The Labute approximate surface area is 204 Å². The predicted octanol–water partition coefficient (Wildman–Crippen LogP) is 3.40. The van der Waals surface area contributed by atoms with Crippen LogP contribution in [0.2, 0.25) is 0 Å². The molecule has 0 saturated carbocycles. The first-order valence-corrected chi connectivity index (χ1v) is 11.6. The first kappa shape index (κ1) is 24.2. The number of H-pyrrole nitrogens is 1. The molecular weight excluding hydrogens is 446 g/mol. The first-order chi connectivity index (χ1) is 17.0. The molecule has 0 spiro atoms. The highest BCUT2D eigenvalue weighted by atomic mass is 16.6. The summed E-state index contributed by atoms with van der Waals surface area (Å²) < 4.78 is 10.7. The summed E-state index contributed by atoms with van der Waals surface area (Å²) >= 11 is 0. The van der Waals surface area contributed by atoms with Gasteiger partial charge in [-0.05, 0) is 55.4 Å². The van der Waals surface area contributed by atoms with E-state index in [0.29, 0.717) is 24.3 Å². The molecule has 0 unspecified atom stereocenters. The largest absolute Gasteiger partial charge is 0.497 e. The lowest BCUT2D eigenvalue weighted by Gasteiger charge is -2.34. The Morgan fingerprint density at radius 1 is 1.06 bits per heavy atom. The van der Waals surface area contributed by atoms with Crippen molar-refractivity contribution in [2.75, 3.05) is 62.4 Å². The van der Waals surface area contributed by atoms with Gasteiger partial charge in [-0.2, -0.15) is 0 Å². The molecule has 1 aliphatic rings. The number of likely N-dealkylation sites (N-methyl/N-ethyl adjacent to an activating group) is 1. The Morgan fingerprint density at radius 3 is 2.66 bits per heavy atom. The van der Waals surface area contributed by atoms with Crippen molar-refractivity contribution in [1.82, 2.24) is 9.88 Å². The van der Waals surface area contributed by atoms with Crippen LogP contribution in [0.15, 0.2) is 65.6 Å². The number of aromatic nitrogens is 1. The first-order valence-electron chi connectivity index (χ1n) is 11.6. The molecule has 0 bridgehead atoms. The monoisotopic (exact) mass is 477 g/mol. The summed E-state index contributed by atoms with van der Waals surface area (Å²) in [5.74, 6) is 0.710. The van der Waals surface area contributed by atoms with Gasteiger partial charge in [-0.25, -0.2) is 4.79 Å². The summed E-state index contributed by atoms with van der Waals surface area (Å²) in [6.07, 6.45) is 1.49. The molecule has 1 saturated heterocycles. The lowest BCUT2D eigenvalue weighted by atomic mass is 10.1. The van der Waals surface area contributed by atoms with Gasteiger partial charge in [-0.1, -0.05) is 18.2 Å². The van der Waals surface area contributed by atoms with Crippen LogP contribution in [0.3, 0.4) is 0 Å². The lowest BCUT2D eigenvalue weighted by Crippen LogP contribution is -2.44. The fourth-order valence-electron chi connectivity index (χ4n) is 3.96. The van der Waals surface area contributed by atoms with E-state index in [1.165, 1.54) is 6.20 Å². The van der Waals surface area contributed by atoms with Crippen LogP contribution in [0, 0.1) is 0 Å². The highest BCUT2D eigenvalue weighted by Crippen LogP contribution is 2.23. The number of carbonyl (C=O) groups is 1. The fourth-order valence-corrected chi connectivity index (χ4v) is 3.96. The van der Waals surface area contributed by atoms with Crippen molar-refractivity contribution < 1.29 is 14.3 Å². The molecule has 1 aliphatic heterocycles. The van der Waals surface area contributed by atoms with Crippen molar-refractivity contribution in [2.45, 2.75) is 6.42 Å². The predicted molar refractivity (Wildman–Crippen MR) is 138 cm³/mol. The lowest BCUT2D eigenvalue weighted by molar-refractivity contribution is 0.214. The van der Waals surface area contributed by atoms with Gasteiger partial charge in [0, 0.05) is 50.3 Å². The second kappa shape index (κ2) is 11.4. The number of piperazine rings is 1. The molecule has 9 heteroatoms. The van der Waals surface area contributed by atoms with E-state index in [-0.39, 0.29) is 5.75 Å². The molecule has 35 heavy (non-hydrogen) atoms. The Bertz CT molecular complexity index is 1200. The number of methoxy groups -OCH3 is 1. The Hall–Kier alpha value is -3.98. The minimum absolute atomic E-state index is 0.0779. The van der Waals surface area contributed by atoms with Crippen molar-refractivity contribution in [3.8, 4) is 11.5 Å². The number of amides is 1. The van der Waals surface area contributed by atoms with Crippen molar-refractivity contribution in [3.05, 3.63) is 76.7 Å². The van der Waals surface area contributed by atoms with Gasteiger partial charge in [-0.15, -0.1) is 0 Å². The third-order valence-corrected chi connectivity index (χ3v) is 5.93. The number of pyridine rings is 1.